The molecular weight excluding hydrogens is 376 g/mol. The number of unbranched alkanes of at least 4 members (excludes halogenated alkanes) is 13. The van der Waals surface area contributed by atoms with Gasteiger partial charge in [-0.2, -0.15) is 0 Å². The summed E-state index contributed by atoms with van der Waals surface area (Å²) in [6.07, 6.45) is 20.2. The van der Waals surface area contributed by atoms with Gasteiger partial charge in [-0.15, -0.1) is 0 Å². The molecule has 0 aromatic rings. The van der Waals surface area contributed by atoms with Gasteiger partial charge in [0.2, 0.25) is 0 Å². The molecule has 0 aliphatic heterocycles. The Balaban J connectivity index is 0. The summed E-state index contributed by atoms with van der Waals surface area (Å²) in [6.45, 7) is 2.29. The molecule has 1 radical (unpaired) electrons. The molecule has 3 nitrogen and oxygen atoms in total. The Kier molecular flexibility index (Phi) is 31.4. The van der Waals surface area contributed by atoms with Crippen LogP contribution in [0.25, 0.3) is 0 Å². The van der Waals surface area contributed by atoms with E-state index >= 15 is 0 Å². The Bertz CT molecular complexity index is 198. The van der Waals surface area contributed by atoms with Crippen LogP contribution >= 0.6 is 0 Å². The zero-order valence-electron chi connectivity index (χ0n) is 17.0. The van der Waals surface area contributed by atoms with E-state index in [0.717, 1.165) is 10.5 Å². The van der Waals surface area contributed by atoms with E-state index in [0.29, 0.717) is 0 Å². The maximum absolute atomic E-state index is 5.67. The molecule has 0 aromatic carbocycles. The molecular formula is C16H42NaO3Si4. The maximum Gasteiger partial charge on any atom is 0.284 e. The van der Waals surface area contributed by atoms with Gasteiger partial charge in [-0.1, -0.05) is 96.8 Å². The van der Waals surface area contributed by atoms with Crippen LogP contribution in [0.2, 0.25) is 6.04 Å². The summed E-state index contributed by atoms with van der Waals surface area (Å²) >= 11 is 0. The Hall–Kier alpha value is 1.75. The molecule has 0 saturated carbocycles. The van der Waals surface area contributed by atoms with E-state index in [-0.39, 0.29) is 39.3 Å². The minimum absolute atomic E-state index is 0. The van der Waals surface area contributed by atoms with Gasteiger partial charge in [-0.25, -0.2) is 0 Å². The molecule has 0 N–H and O–H groups in total. The van der Waals surface area contributed by atoms with Crippen LogP contribution in [0.1, 0.15) is 96.8 Å². The molecule has 0 atom stereocenters. The molecule has 0 saturated heterocycles. The van der Waals surface area contributed by atoms with Crippen LogP contribution in [0, 0.1) is 0 Å². The van der Waals surface area contributed by atoms with Crippen molar-refractivity contribution in [2.24, 2.45) is 0 Å². The number of hydrogen-bond donors (Lipinski definition) is 0. The van der Waals surface area contributed by atoms with Crippen molar-refractivity contribution in [3.8, 4) is 0 Å². The van der Waals surface area contributed by atoms with E-state index < -0.39 is 20.0 Å². The van der Waals surface area contributed by atoms with E-state index in [1.54, 1.807) is 0 Å². The van der Waals surface area contributed by atoms with Crippen molar-refractivity contribution in [1.82, 2.24) is 0 Å². The van der Waals surface area contributed by atoms with Gasteiger partial charge in [-0.3, -0.25) is 0 Å². The monoisotopic (exact) mass is 417 g/mol. The fourth-order valence-corrected chi connectivity index (χ4v) is 8.63. The third-order valence-corrected chi connectivity index (χ3v) is 9.15. The van der Waals surface area contributed by atoms with Crippen molar-refractivity contribution in [1.29, 1.82) is 0 Å². The first-order valence-corrected chi connectivity index (χ1v) is 14.8. The quantitative estimate of drug-likeness (QED) is 0.224. The zero-order valence-corrected chi connectivity index (χ0v) is 25.2. The van der Waals surface area contributed by atoms with Crippen molar-refractivity contribution in [3.05, 3.63) is 0 Å². The Morgan fingerprint density at radius 2 is 1.08 bits per heavy atom. The predicted molar refractivity (Wildman–Crippen MR) is 120 cm³/mol. The molecule has 0 aliphatic rings. The fraction of sp³-hybridized carbons (Fsp3) is 1.00. The topological polar surface area (TPSA) is 27.7 Å². The number of hydrogen-bond acceptors (Lipinski definition) is 3. The van der Waals surface area contributed by atoms with Gasteiger partial charge < -0.3 is 12.3 Å². The van der Waals surface area contributed by atoms with E-state index in [2.05, 4.69) is 6.92 Å². The van der Waals surface area contributed by atoms with Crippen molar-refractivity contribution in [2.45, 2.75) is 103 Å². The average molecular weight is 418 g/mol. The van der Waals surface area contributed by atoms with Crippen LogP contribution in [-0.2, 0) is 12.3 Å². The van der Waals surface area contributed by atoms with E-state index in [1.807, 2.05) is 0 Å². The molecule has 0 amide bonds. The van der Waals surface area contributed by atoms with Crippen LogP contribution in [0.15, 0.2) is 0 Å². The second-order valence-corrected chi connectivity index (χ2v) is 13.7. The third-order valence-electron chi connectivity index (χ3n) is 4.26. The van der Waals surface area contributed by atoms with Crippen molar-refractivity contribution in [3.63, 3.8) is 0 Å². The normalized spacial score (nSPS) is 12.4. The average Bonchev–Trinajstić information content (AvgIpc) is 2.57. The minimum atomic E-state index is -0.644. The maximum atomic E-state index is 5.67. The third kappa shape index (κ3) is 26.0. The second kappa shape index (κ2) is 27.0. The van der Waals surface area contributed by atoms with Gasteiger partial charge in [0.1, 0.15) is 20.2 Å². The molecule has 0 spiro atoms. The minimum Gasteiger partial charge on any atom is -0.449 e. The summed E-state index contributed by atoms with van der Waals surface area (Å²) in [5.41, 5.74) is 0. The Morgan fingerprint density at radius 3 is 1.54 bits per heavy atom. The summed E-state index contributed by atoms with van der Waals surface area (Å²) in [6, 6.07) is 1.34. The summed E-state index contributed by atoms with van der Waals surface area (Å²) in [4.78, 5) is 0. The summed E-state index contributed by atoms with van der Waals surface area (Å²) in [5.74, 6) is 0. The van der Waals surface area contributed by atoms with Crippen LogP contribution in [-0.4, -0.2) is 69.8 Å². The van der Waals surface area contributed by atoms with Crippen molar-refractivity contribution in [2.75, 3.05) is 0 Å². The molecule has 8 heteroatoms. The standard InChI is InChI=1S/C16H42O3Si4.Na/c1-2-3-4-5-6-7-8-9-10-11-12-13-14-15-16-21-18-23-19-22-17-20;/h2-16,21-23H2,1,20H3;. The Morgan fingerprint density at radius 1 is 0.625 bits per heavy atom. The van der Waals surface area contributed by atoms with E-state index in [1.165, 1.54) is 95.9 Å². The molecule has 0 fully saturated rings. The first-order chi connectivity index (χ1) is 11.4. The van der Waals surface area contributed by atoms with Gasteiger partial charge in [0.15, 0.2) is 0 Å². The first kappa shape index (κ1) is 28.0. The van der Waals surface area contributed by atoms with Gasteiger partial charge in [0, 0.05) is 29.6 Å². The van der Waals surface area contributed by atoms with Crippen LogP contribution < -0.4 is 0 Å². The van der Waals surface area contributed by atoms with Crippen LogP contribution in [0.3, 0.4) is 0 Å². The zero-order chi connectivity index (χ0) is 16.8. The predicted octanol–water partition coefficient (Wildman–Crippen LogP) is 1.92. The van der Waals surface area contributed by atoms with Gasteiger partial charge in [-0.05, 0) is 6.04 Å². The molecule has 0 rings (SSSR count). The van der Waals surface area contributed by atoms with Crippen LogP contribution in [0.5, 0.6) is 0 Å². The summed E-state index contributed by atoms with van der Waals surface area (Å²) < 4.78 is 16.2. The SMILES string of the molecule is CCCCCCCCCCCCCCCC[SiH2]O[SiH2]O[SiH2]O[SiH3].[Na]. The molecule has 0 bridgehead atoms. The molecule has 0 heterocycles. The molecule has 0 unspecified atom stereocenters. The van der Waals surface area contributed by atoms with E-state index in [9.17, 15) is 0 Å². The fourth-order valence-electron chi connectivity index (χ4n) is 2.81. The van der Waals surface area contributed by atoms with Gasteiger partial charge in [0.05, 0.1) is 0 Å². The van der Waals surface area contributed by atoms with E-state index in [4.69, 9.17) is 12.3 Å². The Labute approximate surface area is 184 Å². The van der Waals surface area contributed by atoms with Gasteiger partial charge >= 0.3 is 0 Å². The summed E-state index contributed by atoms with van der Waals surface area (Å²) in [7, 11) is -0.707. The largest absolute Gasteiger partial charge is 0.449 e. The first-order valence-electron chi connectivity index (χ1n) is 10.1. The van der Waals surface area contributed by atoms with Crippen LogP contribution in [0.4, 0.5) is 0 Å². The summed E-state index contributed by atoms with van der Waals surface area (Å²) in [5, 5.41) is 0. The smallest absolute Gasteiger partial charge is 0.284 e. The molecule has 24 heavy (non-hydrogen) atoms. The number of rotatable bonds is 20. The second-order valence-electron chi connectivity index (χ2n) is 6.59. The molecule has 141 valence electrons. The van der Waals surface area contributed by atoms with Gasteiger partial charge in [0.25, 0.3) is 20.0 Å². The van der Waals surface area contributed by atoms with Crippen molar-refractivity contribution >= 4 is 69.8 Å². The molecule has 0 aliphatic carbocycles. The van der Waals surface area contributed by atoms with Crippen molar-refractivity contribution < 1.29 is 12.3 Å². The molecule has 0 aromatic heterocycles.